The van der Waals surface area contributed by atoms with Crippen molar-refractivity contribution >= 4 is 17.4 Å². The lowest BCUT2D eigenvalue weighted by Crippen LogP contribution is -2.41. The van der Waals surface area contributed by atoms with Crippen LogP contribution < -0.4 is 0 Å². The highest BCUT2D eigenvalue weighted by atomic mass is 19.4. The highest BCUT2D eigenvalue weighted by Gasteiger charge is 2.39. The van der Waals surface area contributed by atoms with Crippen LogP contribution in [-0.2, 0) is 35.3 Å². The van der Waals surface area contributed by atoms with Gasteiger partial charge in [0.25, 0.3) is 5.69 Å². The minimum absolute atomic E-state index is 0.153. The lowest BCUT2D eigenvalue weighted by atomic mass is 9.94. The molecule has 0 aliphatic rings. The molecule has 0 saturated heterocycles. The first-order chi connectivity index (χ1) is 17.8. The number of ketones is 1. The lowest BCUT2D eigenvalue weighted by Gasteiger charge is -2.22. The molecule has 2 atom stereocenters. The van der Waals surface area contributed by atoms with Crippen molar-refractivity contribution < 1.29 is 51.8 Å². The number of nitro groups is 1. The van der Waals surface area contributed by atoms with E-state index in [1.165, 1.54) is 0 Å². The smallest absolute Gasteiger partial charge is 0.423 e. The van der Waals surface area contributed by atoms with Crippen LogP contribution in [0.15, 0.2) is 43.0 Å². The molecular formula is C22H22F5N5O7. The fourth-order valence-electron chi connectivity index (χ4n) is 3.09. The van der Waals surface area contributed by atoms with Crippen LogP contribution in [0.5, 0.6) is 0 Å². The Labute approximate surface area is 216 Å². The summed E-state index contributed by atoms with van der Waals surface area (Å²) in [6.07, 6.45) is -1.81. The molecular weight excluding hydrogens is 541 g/mol. The van der Waals surface area contributed by atoms with E-state index in [4.69, 9.17) is 5.11 Å². The number of nitro benzene ring substituents is 1. The molecule has 39 heavy (non-hydrogen) atoms. The molecule has 0 radical (unpaired) electrons. The number of carboxylic acid groups (broad SMARTS) is 1. The number of hydrogen-bond acceptors (Lipinski definition) is 8. The molecule has 0 bridgehead atoms. The predicted octanol–water partition coefficient (Wildman–Crippen LogP) is 2.37. The molecule has 2 aromatic heterocycles. The van der Waals surface area contributed by atoms with Gasteiger partial charge in [-0.3, -0.25) is 24.3 Å². The molecule has 0 unspecified atom stereocenters. The van der Waals surface area contributed by atoms with E-state index in [9.17, 15) is 51.9 Å². The minimum Gasteiger partial charge on any atom is -0.479 e. The fraction of sp³-hybridized carbons (Fsp3) is 0.364. The zero-order chi connectivity index (χ0) is 29.8. The quantitative estimate of drug-likeness (QED) is 0.201. The van der Waals surface area contributed by atoms with Gasteiger partial charge >= 0.3 is 12.1 Å². The Morgan fingerprint density at radius 2 is 1.46 bits per heavy atom. The van der Waals surface area contributed by atoms with Crippen LogP contribution >= 0.6 is 0 Å². The Hall–Kier alpha value is -4.25. The number of halogens is 5. The average molecular weight is 563 g/mol. The van der Waals surface area contributed by atoms with Gasteiger partial charge in [-0.15, -0.1) is 0 Å². The summed E-state index contributed by atoms with van der Waals surface area (Å²) in [5, 5.41) is 45.8. The predicted molar refractivity (Wildman–Crippen MR) is 120 cm³/mol. The number of aliphatic carboxylic acids is 1. The molecule has 0 saturated carbocycles. The Morgan fingerprint density at radius 3 is 1.85 bits per heavy atom. The highest BCUT2D eigenvalue weighted by Crippen LogP contribution is 2.36. The van der Waals surface area contributed by atoms with Crippen LogP contribution in [0.3, 0.4) is 0 Å². The van der Waals surface area contributed by atoms with Crippen LogP contribution in [0.1, 0.15) is 25.0 Å². The van der Waals surface area contributed by atoms with E-state index in [-0.39, 0.29) is 12.1 Å². The normalized spacial score (nSPS) is 14.5. The highest BCUT2D eigenvalue weighted by molar-refractivity contribution is 5.88. The molecule has 2 heterocycles. The zero-order valence-corrected chi connectivity index (χ0v) is 20.3. The lowest BCUT2D eigenvalue weighted by molar-refractivity contribution is -0.388. The number of rotatable bonds is 9. The third-order valence-corrected chi connectivity index (χ3v) is 5.13. The van der Waals surface area contributed by atoms with Gasteiger partial charge in [0, 0.05) is 12.5 Å². The van der Waals surface area contributed by atoms with Gasteiger partial charge in [-0.1, -0.05) is 6.07 Å². The number of Topliss-reactive ketones (excluding diaryl/α,β-unsaturated/α-hetero) is 1. The number of hydrogen-bond donors (Lipinski definition) is 3. The molecule has 1 aromatic carbocycles. The second kappa shape index (κ2) is 11.6. The van der Waals surface area contributed by atoms with E-state index in [1.54, 1.807) is 0 Å². The van der Waals surface area contributed by atoms with Crippen LogP contribution in [0.2, 0.25) is 0 Å². The van der Waals surface area contributed by atoms with Gasteiger partial charge in [0.1, 0.15) is 11.2 Å². The summed E-state index contributed by atoms with van der Waals surface area (Å²) in [6.45, 7) is 1.54. The summed E-state index contributed by atoms with van der Waals surface area (Å²) in [4.78, 5) is 32.2. The third kappa shape index (κ3) is 8.64. The van der Waals surface area contributed by atoms with Crippen molar-refractivity contribution in [2.75, 3.05) is 0 Å². The number of carbonyl (C=O) groups excluding carboxylic acids is 1. The number of aliphatic hydroxyl groups is 2. The molecule has 0 spiro atoms. The first-order valence-electron chi connectivity index (χ1n) is 10.7. The van der Waals surface area contributed by atoms with E-state index >= 15 is 0 Å². The number of carboxylic acids is 1. The van der Waals surface area contributed by atoms with Gasteiger partial charge in [-0.05, 0) is 25.5 Å². The molecule has 3 aromatic rings. The largest absolute Gasteiger partial charge is 0.479 e. The van der Waals surface area contributed by atoms with Crippen LogP contribution in [0, 0.1) is 21.7 Å². The molecule has 0 aliphatic carbocycles. The van der Waals surface area contributed by atoms with Crippen molar-refractivity contribution in [2.45, 2.75) is 50.7 Å². The Kier molecular flexibility index (Phi) is 9.25. The summed E-state index contributed by atoms with van der Waals surface area (Å²) in [7, 11) is 0. The summed E-state index contributed by atoms with van der Waals surface area (Å²) >= 11 is 0. The number of alkyl halides is 3. The second-order valence-corrected chi connectivity index (χ2v) is 8.77. The van der Waals surface area contributed by atoms with Gasteiger partial charge in [-0.2, -0.15) is 23.4 Å². The zero-order valence-electron chi connectivity index (χ0n) is 20.3. The Balaban J connectivity index is 0.000000344. The van der Waals surface area contributed by atoms with Crippen molar-refractivity contribution in [3.63, 3.8) is 0 Å². The molecule has 212 valence electrons. The third-order valence-electron chi connectivity index (χ3n) is 5.13. The molecule has 0 amide bonds. The first-order valence-corrected chi connectivity index (χ1v) is 10.7. The van der Waals surface area contributed by atoms with Crippen molar-refractivity contribution in [2.24, 2.45) is 0 Å². The molecule has 17 heteroatoms. The van der Waals surface area contributed by atoms with Gasteiger partial charge in [0.05, 0.1) is 42.8 Å². The summed E-state index contributed by atoms with van der Waals surface area (Å²) in [5.74, 6) is -3.47. The van der Waals surface area contributed by atoms with Crippen molar-refractivity contribution in [1.29, 1.82) is 0 Å². The Bertz CT molecular complexity index is 1350. The first kappa shape index (κ1) is 31.0. The monoisotopic (exact) mass is 563 g/mol. The van der Waals surface area contributed by atoms with Gasteiger partial charge < -0.3 is 15.3 Å². The maximum absolute atomic E-state index is 13.0. The van der Waals surface area contributed by atoms with Crippen LogP contribution in [-0.4, -0.2) is 62.8 Å². The van der Waals surface area contributed by atoms with Gasteiger partial charge in [-0.25, -0.2) is 13.6 Å². The van der Waals surface area contributed by atoms with Crippen LogP contribution in [0.25, 0.3) is 0 Å². The van der Waals surface area contributed by atoms with E-state index in [2.05, 4.69) is 10.2 Å². The van der Waals surface area contributed by atoms with Crippen molar-refractivity contribution in [3.8, 4) is 0 Å². The number of nitrogens with zero attached hydrogens (tertiary/aromatic N) is 5. The Morgan fingerprint density at radius 1 is 0.974 bits per heavy atom. The maximum atomic E-state index is 13.0. The number of benzene rings is 1. The van der Waals surface area contributed by atoms with Gasteiger partial charge in [0.2, 0.25) is 0 Å². The van der Waals surface area contributed by atoms with Crippen LogP contribution in [0.4, 0.5) is 27.6 Å². The standard InChI is InChI=1S/C15H13F4N3O4.C7H9FN2O3/c1-14(24,8-21-7-10(16)6-20-21)13(23)5-9-2-3-12(22(25)26)11(4-9)15(17,18)19;1-7(13,6(11)12)4-10-3-5(8)2-9-10/h2-4,6-7,24H,5,8H2,1H3;2-3,13H,4H2,1H3,(H,11,12)/t14-;7-/m00/s1. The maximum Gasteiger partial charge on any atom is 0.423 e. The SMILES string of the molecule is C[C@](O)(Cn1cc(F)cn1)C(=O)Cc1ccc([N+](=O)[O-])c(C(F)(F)F)c1.C[C@](O)(Cn1cc(F)cn1)C(=O)O. The topological polar surface area (TPSA) is 174 Å². The average Bonchev–Trinajstić information content (AvgIpc) is 3.39. The van der Waals surface area contributed by atoms with Crippen molar-refractivity contribution in [1.82, 2.24) is 19.6 Å². The molecule has 12 nitrogen and oxygen atoms in total. The van der Waals surface area contributed by atoms with E-state index in [0.717, 1.165) is 54.1 Å². The fourth-order valence-corrected chi connectivity index (χ4v) is 3.09. The summed E-state index contributed by atoms with van der Waals surface area (Å²) < 4.78 is 66.2. The summed E-state index contributed by atoms with van der Waals surface area (Å²) in [6, 6.07) is 2.16. The number of aromatic nitrogens is 4. The van der Waals surface area contributed by atoms with E-state index < -0.39 is 69.9 Å². The number of carbonyl (C=O) groups is 2. The minimum atomic E-state index is -4.98. The van der Waals surface area contributed by atoms with E-state index in [0.29, 0.717) is 12.1 Å². The van der Waals surface area contributed by atoms with Gasteiger partial charge in [0.15, 0.2) is 23.0 Å². The van der Waals surface area contributed by atoms with E-state index in [1.807, 2.05) is 0 Å². The second-order valence-electron chi connectivity index (χ2n) is 8.77. The van der Waals surface area contributed by atoms with Crippen molar-refractivity contribution in [3.05, 3.63) is 75.9 Å². The molecule has 3 N–H and O–H groups in total. The molecule has 0 fully saturated rings. The molecule has 0 aliphatic heterocycles. The molecule has 3 rings (SSSR count). The summed E-state index contributed by atoms with van der Waals surface area (Å²) in [5.41, 5.74) is -6.73.